The van der Waals surface area contributed by atoms with Crippen molar-refractivity contribution in [3.05, 3.63) is 11.6 Å². The number of hydrogen-bond donors (Lipinski definition) is 0. The highest BCUT2D eigenvalue weighted by atomic mass is 16.1. The summed E-state index contributed by atoms with van der Waals surface area (Å²) in [5.74, 6) is 1.94. The predicted molar refractivity (Wildman–Crippen MR) is 51.3 cm³/mol. The number of rotatable bonds is 0. The van der Waals surface area contributed by atoms with Gasteiger partial charge in [0.25, 0.3) is 0 Å². The Balaban J connectivity index is 2.02. The molecule has 1 spiro atoms. The molecule has 0 amide bonds. The van der Waals surface area contributed by atoms with Crippen molar-refractivity contribution in [3.8, 4) is 0 Å². The van der Waals surface area contributed by atoms with Crippen LogP contribution in [0.15, 0.2) is 11.6 Å². The zero-order valence-electron chi connectivity index (χ0n) is 8.18. The summed E-state index contributed by atoms with van der Waals surface area (Å²) in [6, 6.07) is 0. The van der Waals surface area contributed by atoms with Crippen LogP contribution in [0.3, 0.4) is 0 Å². The molecule has 2 saturated carbocycles. The molecule has 3 atom stereocenters. The topological polar surface area (TPSA) is 17.1 Å². The molecule has 0 saturated heterocycles. The van der Waals surface area contributed by atoms with E-state index in [1.807, 2.05) is 6.08 Å². The number of carbonyl (C=O) groups is 1. The number of ketones is 1. The monoisotopic (exact) mass is 176 g/mol. The Morgan fingerprint density at radius 2 is 2.31 bits per heavy atom. The minimum Gasteiger partial charge on any atom is -0.295 e. The minimum atomic E-state index is 0.395. The van der Waals surface area contributed by atoms with Gasteiger partial charge < -0.3 is 0 Å². The fourth-order valence-corrected chi connectivity index (χ4v) is 3.57. The van der Waals surface area contributed by atoms with Crippen molar-refractivity contribution >= 4 is 5.78 Å². The quantitative estimate of drug-likeness (QED) is 0.554. The van der Waals surface area contributed by atoms with Crippen LogP contribution in [0.25, 0.3) is 0 Å². The van der Waals surface area contributed by atoms with Gasteiger partial charge in [-0.2, -0.15) is 0 Å². The van der Waals surface area contributed by atoms with Crippen LogP contribution in [-0.2, 0) is 4.79 Å². The lowest BCUT2D eigenvalue weighted by Gasteiger charge is -2.17. The SMILES string of the molecule is CC1CCC[C@@H]2C[C@@]23CC(=O)C=C13. The molecule has 3 rings (SSSR count). The Hall–Kier alpha value is -0.590. The first-order valence-corrected chi connectivity index (χ1v) is 5.47. The maximum absolute atomic E-state index is 11.4. The lowest BCUT2D eigenvalue weighted by atomic mass is 9.87. The molecule has 0 N–H and O–H groups in total. The molecule has 0 aromatic carbocycles. The highest BCUT2D eigenvalue weighted by molar-refractivity contribution is 5.95. The summed E-state index contributed by atoms with van der Waals surface area (Å²) in [4.78, 5) is 11.4. The number of hydrogen-bond acceptors (Lipinski definition) is 1. The van der Waals surface area contributed by atoms with E-state index in [-0.39, 0.29) is 0 Å². The molecule has 0 heterocycles. The molecule has 0 aromatic rings. The van der Waals surface area contributed by atoms with Crippen molar-refractivity contribution in [3.63, 3.8) is 0 Å². The lowest BCUT2D eigenvalue weighted by Crippen LogP contribution is -2.08. The zero-order valence-corrected chi connectivity index (χ0v) is 8.18. The molecule has 1 nitrogen and oxygen atoms in total. The normalized spacial score (nSPS) is 47.8. The fourth-order valence-electron chi connectivity index (χ4n) is 3.57. The first-order valence-electron chi connectivity index (χ1n) is 5.47. The summed E-state index contributed by atoms with van der Waals surface area (Å²) in [5, 5.41) is 0. The Labute approximate surface area is 79.2 Å². The van der Waals surface area contributed by atoms with E-state index < -0.39 is 0 Å². The van der Waals surface area contributed by atoms with Gasteiger partial charge in [-0.1, -0.05) is 18.9 Å². The molecular weight excluding hydrogens is 160 g/mol. The molecule has 1 heteroatoms. The largest absolute Gasteiger partial charge is 0.295 e. The minimum absolute atomic E-state index is 0.395. The van der Waals surface area contributed by atoms with Crippen LogP contribution in [-0.4, -0.2) is 5.78 Å². The van der Waals surface area contributed by atoms with Gasteiger partial charge >= 0.3 is 0 Å². The molecule has 70 valence electrons. The van der Waals surface area contributed by atoms with Crippen LogP contribution in [0.1, 0.15) is 39.0 Å². The highest BCUT2D eigenvalue weighted by Gasteiger charge is 2.60. The van der Waals surface area contributed by atoms with Gasteiger partial charge in [0.15, 0.2) is 5.78 Å². The van der Waals surface area contributed by atoms with Crippen molar-refractivity contribution in [1.29, 1.82) is 0 Å². The van der Waals surface area contributed by atoms with E-state index in [1.165, 1.54) is 31.3 Å². The summed E-state index contributed by atoms with van der Waals surface area (Å²) in [6.45, 7) is 2.30. The Morgan fingerprint density at radius 1 is 1.46 bits per heavy atom. The summed E-state index contributed by atoms with van der Waals surface area (Å²) in [5.41, 5.74) is 1.91. The molecule has 3 aliphatic carbocycles. The van der Waals surface area contributed by atoms with Gasteiger partial charge in [-0.15, -0.1) is 0 Å². The van der Waals surface area contributed by atoms with Crippen molar-refractivity contribution in [2.45, 2.75) is 39.0 Å². The highest BCUT2D eigenvalue weighted by Crippen LogP contribution is 2.67. The second kappa shape index (κ2) is 2.26. The maximum atomic E-state index is 11.4. The smallest absolute Gasteiger partial charge is 0.156 e. The van der Waals surface area contributed by atoms with Gasteiger partial charge in [-0.3, -0.25) is 4.79 Å². The third-order valence-electron chi connectivity index (χ3n) is 4.33. The van der Waals surface area contributed by atoms with Gasteiger partial charge in [0, 0.05) is 11.8 Å². The van der Waals surface area contributed by atoms with Crippen molar-refractivity contribution in [2.24, 2.45) is 17.3 Å². The van der Waals surface area contributed by atoms with Crippen LogP contribution >= 0.6 is 0 Å². The Kier molecular flexibility index (Phi) is 1.35. The van der Waals surface area contributed by atoms with E-state index in [4.69, 9.17) is 0 Å². The molecule has 0 radical (unpaired) electrons. The van der Waals surface area contributed by atoms with E-state index >= 15 is 0 Å². The fraction of sp³-hybridized carbons (Fsp3) is 0.750. The summed E-state index contributed by atoms with van der Waals surface area (Å²) >= 11 is 0. The molecule has 0 aromatic heterocycles. The van der Waals surface area contributed by atoms with Gasteiger partial charge in [0.2, 0.25) is 0 Å². The molecule has 0 bridgehead atoms. The molecule has 2 fully saturated rings. The Morgan fingerprint density at radius 3 is 3.15 bits per heavy atom. The molecule has 3 aliphatic rings. The van der Waals surface area contributed by atoms with Crippen LogP contribution in [0.4, 0.5) is 0 Å². The Bertz CT molecular complexity index is 302. The van der Waals surface area contributed by atoms with Gasteiger partial charge in [-0.25, -0.2) is 0 Å². The average molecular weight is 176 g/mol. The first kappa shape index (κ1) is 7.78. The van der Waals surface area contributed by atoms with E-state index in [0.717, 1.165) is 12.3 Å². The summed E-state index contributed by atoms with van der Waals surface area (Å²) in [6.07, 6.45) is 8.17. The van der Waals surface area contributed by atoms with Crippen LogP contribution < -0.4 is 0 Å². The number of allylic oxidation sites excluding steroid dienone is 2. The van der Waals surface area contributed by atoms with Crippen molar-refractivity contribution < 1.29 is 4.79 Å². The maximum Gasteiger partial charge on any atom is 0.156 e. The molecule has 0 aliphatic heterocycles. The van der Waals surface area contributed by atoms with Gasteiger partial charge in [-0.05, 0) is 37.2 Å². The average Bonchev–Trinajstić information content (AvgIpc) is 2.64. The van der Waals surface area contributed by atoms with Crippen LogP contribution in [0.2, 0.25) is 0 Å². The number of carbonyl (C=O) groups excluding carboxylic acids is 1. The van der Waals surface area contributed by atoms with E-state index in [1.54, 1.807) is 0 Å². The van der Waals surface area contributed by atoms with Crippen LogP contribution in [0.5, 0.6) is 0 Å². The van der Waals surface area contributed by atoms with Crippen molar-refractivity contribution in [2.75, 3.05) is 0 Å². The van der Waals surface area contributed by atoms with Gasteiger partial charge in [0.1, 0.15) is 0 Å². The van der Waals surface area contributed by atoms with Crippen LogP contribution in [0, 0.1) is 17.3 Å². The van der Waals surface area contributed by atoms with Crippen molar-refractivity contribution in [1.82, 2.24) is 0 Å². The molecule has 1 unspecified atom stereocenters. The standard InChI is InChI=1S/C12H16O/c1-8-3-2-4-9-6-12(9)7-10(13)5-11(8)12/h5,8-9H,2-4,6-7H2,1H3/t8?,9-,12-/m1/s1. The summed E-state index contributed by atoms with van der Waals surface area (Å²) < 4.78 is 0. The van der Waals surface area contributed by atoms with E-state index in [2.05, 4.69) is 6.92 Å². The third-order valence-corrected chi connectivity index (χ3v) is 4.33. The lowest BCUT2D eigenvalue weighted by molar-refractivity contribution is -0.114. The summed E-state index contributed by atoms with van der Waals surface area (Å²) in [7, 11) is 0. The molecular formula is C12H16O. The second-order valence-electron chi connectivity index (χ2n) is 5.13. The van der Waals surface area contributed by atoms with Gasteiger partial charge in [0.05, 0.1) is 0 Å². The second-order valence-corrected chi connectivity index (χ2v) is 5.13. The van der Waals surface area contributed by atoms with E-state index in [9.17, 15) is 4.79 Å². The molecule has 13 heavy (non-hydrogen) atoms. The predicted octanol–water partition coefficient (Wildman–Crippen LogP) is 2.71. The van der Waals surface area contributed by atoms with E-state index in [0.29, 0.717) is 17.1 Å². The first-order chi connectivity index (χ1) is 6.22. The zero-order chi connectivity index (χ0) is 9.05. The third kappa shape index (κ3) is 0.905.